The zero-order valence-electron chi connectivity index (χ0n) is 8.86. The summed E-state index contributed by atoms with van der Waals surface area (Å²) in [5.74, 6) is 0.205. The van der Waals surface area contributed by atoms with Crippen LogP contribution in [0.2, 0.25) is 5.02 Å². The van der Waals surface area contributed by atoms with Gasteiger partial charge in [0.25, 0.3) is 0 Å². The number of aliphatic carboxylic acids is 1. The molecule has 0 bridgehead atoms. The van der Waals surface area contributed by atoms with Crippen LogP contribution in [0, 0.1) is 0 Å². The number of halogens is 1. The van der Waals surface area contributed by atoms with E-state index in [1.165, 1.54) is 0 Å². The van der Waals surface area contributed by atoms with Gasteiger partial charge in [0, 0.05) is 12.6 Å². The number of carbonyl (C=O) groups is 1. The Bertz CT molecular complexity index is 347. The fraction of sp³-hybridized carbons (Fsp3) is 0.455. The molecule has 0 spiro atoms. The van der Waals surface area contributed by atoms with Crippen LogP contribution in [0.15, 0.2) is 23.4 Å². The van der Waals surface area contributed by atoms with Crippen LogP contribution in [-0.4, -0.2) is 21.8 Å². The van der Waals surface area contributed by atoms with Crippen molar-refractivity contribution in [2.75, 3.05) is 5.75 Å². The zero-order chi connectivity index (χ0) is 11.8. The van der Waals surface area contributed by atoms with E-state index in [0.717, 1.165) is 30.0 Å². The molecule has 3 nitrogen and oxygen atoms in total. The molecule has 1 aromatic rings. The van der Waals surface area contributed by atoms with E-state index in [1.807, 2.05) is 6.07 Å². The van der Waals surface area contributed by atoms with Gasteiger partial charge in [-0.3, -0.25) is 4.79 Å². The summed E-state index contributed by atoms with van der Waals surface area (Å²) in [7, 11) is 0. The van der Waals surface area contributed by atoms with Gasteiger partial charge in [-0.05, 0) is 30.7 Å². The SMILES string of the molecule is O=C(O)CCCCCSc1ncccc1Cl. The number of pyridine rings is 1. The molecule has 0 aliphatic rings. The first-order valence-corrected chi connectivity index (χ1v) is 6.51. The third-order valence-corrected chi connectivity index (χ3v) is 3.51. The number of rotatable bonds is 7. The average molecular weight is 260 g/mol. The quantitative estimate of drug-likeness (QED) is 0.602. The van der Waals surface area contributed by atoms with Crippen LogP contribution in [-0.2, 0) is 4.79 Å². The Balaban J connectivity index is 2.12. The molecular formula is C11H14ClNO2S. The molecule has 0 aliphatic carbocycles. The standard InChI is InChI=1S/C11H14ClNO2S/c12-9-5-4-7-13-11(9)16-8-3-1-2-6-10(14)15/h4-5,7H,1-3,6,8H2,(H,14,15). The summed E-state index contributed by atoms with van der Waals surface area (Å²) in [5.41, 5.74) is 0. The van der Waals surface area contributed by atoms with Crippen LogP contribution in [0.4, 0.5) is 0 Å². The summed E-state index contributed by atoms with van der Waals surface area (Å²) in [5, 5.41) is 9.98. The molecule has 0 fully saturated rings. The third-order valence-electron chi connectivity index (χ3n) is 2.00. The minimum absolute atomic E-state index is 0.259. The van der Waals surface area contributed by atoms with Crippen molar-refractivity contribution in [1.82, 2.24) is 4.98 Å². The third kappa shape index (κ3) is 5.37. The number of aromatic nitrogens is 1. The molecule has 5 heteroatoms. The Kier molecular flexibility index (Phi) is 6.26. The molecule has 0 aliphatic heterocycles. The van der Waals surface area contributed by atoms with E-state index in [0.29, 0.717) is 5.02 Å². The highest BCUT2D eigenvalue weighted by molar-refractivity contribution is 7.99. The topological polar surface area (TPSA) is 50.2 Å². The average Bonchev–Trinajstić information content (AvgIpc) is 2.25. The Hall–Kier alpha value is -0.740. The van der Waals surface area contributed by atoms with Crippen LogP contribution in [0.3, 0.4) is 0 Å². The summed E-state index contributed by atoms with van der Waals surface area (Å²) < 4.78 is 0. The molecule has 1 rings (SSSR count). The van der Waals surface area contributed by atoms with Gasteiger partial charge in [-0.25, -0.2) is 4.98 Å². The lowest BCUT2D eigenvalue weighted by Gasteiger charge is -2.02. The maximum absolute atomic E-state index is 10.3. The van der Waals surface area contributed by atoms with E-state index in [1.54, 1.807) is 24.0 Å². The summed E-state index contributed by atoms with van der Waals surface area (Å²) in [6.07, 6.45) is 4.65. The number of unbranched alkanes of at least 4 members (excludes halogenated alkanes) is 2. The molecule has 0 unspecified atom stereocenters. The smallest absolute Gasteiger partial charge is 0.303 e. The molecule has 0 aromatic carbocycles. The highest BCUT2D eigenvalue weighted by Gasteiger charge is 2.01. The number of hydrogen-bond donors (Lipinski definition) is 1. The van der Waals surface area contributed by atoms with E-state index >= 15 is 0 Å². The monoisotopic (exact) mass is 259 g/mol. The molecule has 1 heterocycles. The van der Waals surface area contributed by atoms with Gasteiger partial charge >= 0.3 is 5.97 Å². The van der Waals surface area contributed by atoms with Gasteiger partial charge < -0.3 is 5.11 Å². The van der Waals surface area contributed by atoms with Gasteiger partial charge in [-0.1, -0.05) is 18.0 Å². The van der Waals surface area contributed by atoms with Gasteiger partial charge in [0.05, 0.1) is 5.02 Å². The fourth-order valence-electron chi connectivity index (χ4n) is 1.20. The van der Waals surface area contributed by atoms with Gasteiger partial charge in [0.15, 0.2) is 0 Å². The van der Waals surface area contributed by atoms with Crippen LogP contribution >= 0.6 is 23.4 Å². The predicted octanol–water partition coefficient (Wildman–Crippen LogP) is 3.47. The van der Waals surface area contributed by atoms with Crippen LogP contribution in [0.25, 0.3) is 0 Å². The van der Waals surface area contributed by atoms with Gasteiger partial charge in [-0.2, -0.15) is 0 Å². The first kappa shape index (κ1) is 13.3. The Labute approximate surface area is 104 Å². The number of thioether (sulfide) groups is 1. The molecule has 16 heavy (non-hydrogen) atoms. The largest absolute Gasteiger partial charge is 0.481 e. The summed E-state index contributed by atoms with van der Waals surface area (Å²) >= 11 is 7.56. The van der Waals surface area contributed by atoms with Crippen molar-refractivity contribution >= 4 is 29.3 Å². The van der Waals surface area contributed by atoms with Crippen molar-refractivity contribution in [3.8, 4) is 0 Å². The van der Waals surface area contributed by atoms with Crippen molar-refractivity contribution in [3.63, 3.8) is 0 Å². The maximum atomic E-state index is 10.3. The summed E-state index contributed by atoms with van der Waals surface area (Å²) in [6.45, 7) is 0. The van der Waals surface area contributed by atoms with Crippen molar-refractivity contribution in [2.45, 2.75) is 30.7 Å². The van der Waals surface area contributed by atoms with E-state index in [2.05, 4.69) is 4.98 Å². The second kappa shape index (κ2) is 7.52. The van der Waals surface area contributed by atoms with Crippen LogP contribution in [0.1, 0.15) is 25.7 Å². The minimum Gasteiger partial charge on any atom is -0.481 e. The molecule has 0 saturated carbocycles. The van der Waals surface area contributed by atoms with E-state index in [9.17, 15) is 4.79 Å². The molecular weight excluding hydrogens is 246 g/mol. The molecule has 1 aromatic heterocycles. The normalized spacial score (nSPS) is 10.3. The van der Waals surface area contributed by atoms with E-state index in [-0.39, 0.29) is 6.42 Å². The fourth-order valence-corrected chi connectivity index (χ4v) is 2.37. The van der Waals surface area contributed by atoms with E-state index in [4.69, 9.17) is 16.7 Å². The lowest BCUT2D eigenvalue weighted by atomic mass is 10.2. The van der Waals surface area contributed by atoms with Gasteiger partial charge in [0.2, 0.25) is 0 Å². The number of carboxylic acid groups (broad SMARTS) is 1. The molecule has 0 radical (unpaired) electrons. The zero-order valence-corrected chi connectivity index (χ0v) is 10.4. The van der Waals surface area contributed by atoms with Crippen LogP contribution in [0.5, 0.6) is 0 Å². The lowest BCUT2D eigenvalue weighted by Crippen LogP contribution is -1.94. The maximum Gasteiger partial charge on any atom is 0.303 e. The predicted molar refractivity (Wildman–Crippen MR) is 66.1 cm³/mol. The van der Waals surface area contributed by atoms with Gasteiger partial charge in [-0.15, -0.1) is 11.8 Å². The second-order valence-electron chi connectivity index (χ2n) is 3.34. The molecule has 88 valence electrons. The minimum atomic E-state index is -0.722. The van der Waals surface area contributed by atoms with Crippen molar-refractivity contribution < 1.29 is 9.90 Å². The van der Waals surface area contributed by atoms with Crippen molar-refractivity contribution in [3.05, 3.63) is 23.4 Å². The molecule has 0 atom stereocenters. The Morgan fingerprint density at radius 3 is 2.94 bits per heavy atom. The second-order valence-corrected chi connectivity index (χ2v) is 4.83. The summed E-state index contributed by atoms with van der Waals surface area (Å²) in [4.78, 5) is 14.4. The van der Waals surface area contributed by atoms with E-state index < -0.39 is 5.97 Å². The molecule has 0 saturated heterocycles. The first-order valence-electron chi connectivity index (χ1n) is 5.15. The van der Waals surface area contributed by atoms with Crippen LogP contribution < -0.4 is 0 Å². The summed E-state index contributed by atoms with van der Waals surface area (Å²) in [6, 6.07) is 3.63. The first-order chi connectivity index (χ1) is 7.70. The molecule has 1 N–H and O–H groups in total. The number of carboxylic acids is 1. The highest BCUT2D eigenvalue weighted by Crippen LogP contribution is 2.24. The van der Waals surface area contributed by atoms with Gasteiger partial charge in [0.1, 0.15) is 5.03 Å². The number of hydrogen-bond acceptors (Lipinski definition) is 3. The Morgan fingerprint density at radius 2 is 2.25 bits per heavy atom. The Morgan fingerprint density at radius 1 is 1.44 bits per heavy atom. The van der Waals surface area contributed by atoms with Crippen molar-refractivity contribution in [2.24, 2.45) is 0 Å². The number of nitrogens with zero attached hydrogens (tertiary/aromatic N) is 1. The molecule has 0 amide bonds. The van der Waals surface area contributed by atoms with Crippen molar-refractivity contribution in [1.29, 1.82) is 0 Å². The lowest BCUT2D eigenvalue weighted by molar-refractivity contribution is -0.137. The highest BCUT2D eigenvalue weighted by atomic mass is 35.5.